The summed E-state index contributed by atoms with van der Waals surface area (Å²) in [7, 11) is 3.13. The molecule has 0 unspecified atom stereocenters. The first kappa shape index (κ1) is 23.6. The van der Waals surface area contributed by atoms with Gasteiger partial charge in [0.15, 0.2) is 30.0 Å². The predicted molar refractivity (Wildman–Crippen MR) is 104 cm³/mol. The fourth-order valence-corrected chi connectivity index (χ4v) is 3.08. The molecule has 0 bridgehead atoms. The highest BCUT2D eigenvalue weighted by Crippen LogP contribution is 2.30. The SMILES string of the molecule is CNCc1cc(O)c(OC)cc1/C=C/C(=O)O[C@@H]1[C@H](OC(C)=O)[C@@H](O)[C@H](C)O[C@H]1O. The number of nitrogens with one attached hydrogen (secondary N) is 1. The van der Waals surface area contributed by atoms with Crippen molar-refractivity contribution in [1.82, 2.24) is 5.32 Å². The number of methoxy groups -OCH3 is 1. The first-order chi connectivity index (χ1) is 14.2. The smallest absolute Gasteiger partial charge is 0.331 e. The number of esters is 2. The van der Waals surface area contributed by atoms with E-state index >= 15 is 0 Å². The normalized spacial score (nSPS) is 26.4. The summed E-state index contributed by atoms with van der Waals surface area (Å²) in [6.45, 7) is 3.05. The molecule has 1 aliphatic heterocycles. The maximum absolute atomic E-state index is 12.3. The topological polar surface area (TPSA) is 144 Å². The van der Waals surface area contributed by atoms with E-state index in [1.807, 2.05) is 0 Å². The highest BCUT2D eigenvalue weighted by Gasteiger charge is 2.47. The third-order valence-electron chi connectivity index (χ3n) is 4.54. The Hall–Kier alpha value is -2.66. The van der Waals surface area contributed by atoms with Crippen LogP contribution < -0.4 is 10.1 Å². The van der Waals surface area contributed by atoms with Gasteiger partial charge in [0.2, 0.25) is 0 Å². The van der Waals surface area contributed by atoms with Gasteiger partial charge in [-0.05, 0) is 43.3 Å². The van der Waals surface area contributed by atoms with Crippen LogP contribution >= 0.6 is 0 Å². The monoisotopic (exact) mass is 425 g/mol. The zero-order valence-corrected chi connectivity index (χ0v) is 17.2. The molecule has 1 heterocycles. The molecule has 2 rings (SSSR count). The fraction of sp³-hybridized carbons (Fsp3) is 0.500. The molecule has 166 valence electrons. The molecule has 30 heavy (non-hydrogen) atoms. The van der Waals surface area contributed by atoms with Gasteiger partial charge in [0.05, 0.1) is 13.2 Å². The molecular weight excluding hydrogens is 398 g/mol. The van der Waals surface area contributed by atoms with E-state index in [2.05, 4.69) is 5.32 Å². The van der Waals surface area contributed by atoms with Gasteiger partial charge in [0.1, 0.15) is 6.10 Å². The standard InChI is InChI=1S/C20H27NO9/c1-10-17(25)18(29-11(2)22)19(20(26)28-10)30-16(24)6-5-12-8-15(27-4)14(23)7-13(12)9-21-3/h5-8,10,17-21,23,25-26H,9H2,1-4H3/b6-5+/t10-,17-,18+,19+,20+/m0/s1. The molecule has 1 aromatic carbocycles. The van der Waals surface area contributed by atoms with E-state index in [1.165, 1.54) is 26.2 Å². The predicted octanol–water partition coefficient (Wildman–Crippen LogP) is 0.0749. The molecule has 0 amide bonds. The largest absolute Gasteiger partial charge is 0.504 e. The van der Waals surface area contributed by atoms with Crippen LogP contribution in [0.2, 0.25) is 0 Å². The van der Waals surface area contributed by atoms with E-state index in [9.17, 15) is 24.9 Å². The average molecular weight is 425 g/mol. The lowest BCUT2D eigenvalue weighted by molar-refractivity contribution is -0.284. The lowest BCUT2D eigenvalue weighted by Gasteiger charge is -2.40. The van der Waals surface area contributed by atoms with Crippen LogP contribution in [0.4, 0.5) is 0 Å². The molecule has 10 nitrogen and oxygen atoms in total. The van der Waals surface area contributed by atoms with Crippen LogP contribution in [0.3, 0.4) is 0 Å². The summed E-state index contributed by atoms with van der Waals surface area (Å²) in [4.78, 5) is 23.7. The minimum atomic E-state index is -1.58. The van der Waals surface area contributed by atoms with E-state index in [-0.39, 0.29) is 11.5 Å². The molecule has 0 aliphatic carbocycles. The Bertz CT molecular complexity index is 795. The van der Waals surface area contributed by atoms with Gasteiger partial charge in [-0.3, -0.25) is 4.79 Å². The molecule has 0 aromatic heterocycles. The molecule has 0 saturated carbocycles. The lowest BCUT2D eigenvalue weighted by Crippen LogP contribution is -2.59. The second-order valence-corrected chi connectivity index (χ2v) is 6.78. The Morgan fingerprint density at radius 2 is 1.93 bits per heavy atom. The van der Waals surface area contributed by atoms with Gasteiger partial charge in [-0.2, -0.15) is 0 Å². The first-order valence-corrected chi connectivity index (χ1v) is 9.29. The number of aromatic hydroxyl groups is 1. The molecule has 10 heteroatoms. The van der Waals surface area contributed by atoms with Crippen LogP contribution in [0, 0.1) is 0 Å². The van der Waals surface area contributed by atoms with Crippen molar-refractivity contribution in [2.24, 2.45) is 0 Å². The number of hydrogen-bond donors (Lipinski definition) is 4. The minimum absolute atomic E-state index is 0.0442. The Labute approximate surface area is 174 Å². The Morgan fingerprint density at radius 1 is 1.23 bits per heavy atom. The number of benzene rings is 1. The van der Waals surface area contributed by atoms with Crippen molar-refractivity contribution in [2.75, 3.05) is 14.2 Å². The van der Waals surface area contributed by atoms with Crippen molar-refractivity contribution in [3.05, 3.63) is 29.3 Å². The van der Waals surface area contributed by atoms with Crippen molar-refractivity contribution in [3.8, 4) is 11.5 Å². The van der Waals surface area contributed by atoms with Gasteiger partial charge in [-0.1, -0.05) is 0 Å². The van der Waals surface area contributed by atoms with E-state index in [0.717, 1.165) is 13.0 Å². The zero-order valence-electron chi connectivity index (χ0n) is 17.2. The van der Waals surface area contributed by atoms with Gasteiger partial charge in [0.25, 0.3) is 0 Å². The summed E-state index contributed by atoms with van der Waals surface area (Å²) < 4.78 is 20.5. The minimum Gasteiger partial charge on any atom is -0.504 e. The van der Waals surface area contributed by atoms with Crippen molar-refractivity contribution in [2.45, 2.75) is 51.1 Å². The first-order valence-electron chi connectivity index (χ1n) is 9.29. The summed E-state index contributed by atoms with van der Waals surface area (Å²) in [5.74, 6) is -1.38. The van der Waals surface area contributed by atoms with Gasteiger partial charge in [-0.25, -0.2) is 4.79 Å². The van der Waals surface area contributed by atoms with Gasteiger partial charge < -0.3 is 39.6 Å². The molecule has 0 radical (unpaired) electrons. The lowest BCUT2D eigenvalue weighted by atomic mass is 9.99. The maximum Gasteiger partial charge on any atom is 0.331 e. The molecule has 1 aromatic rings. The van der Waals surface area contributed by atoms with Gasteiger partial charge >= 0.3 is 11.9 Å². The number of aliphatic hydroxyl groups is 2. The van der Waals surface area contributed by atoms with Crippen molar-refractivity contribution < 1.29 is 43.9 Å². The molecule has 1 fully saturated rings. The number of phenols is 1. The summed E-state index contributed by atoms with van der Waals surface area (Å²) in [6, 6.07) is 3.06. The highest BCUT2D eigenvalue weighted by molar-refractivity contribution is 5.87. The number of ether oxygens (including phenoxy) is 4. The number of carbonyl (C=O) groups excluding carboxylic acids is 2. The number of phenolic OH excluding ortho intramolecular Hbond substituents is 1. The van der Waals surface area contributed by atoms with Gasteiger partial charge in [0, 0.05) is 19.5 Å². The van der Waals surface area contributed by atoms with Crippen LogP contribution in [0.25, 0.3) is 6.08 Å². The molecule has 0 spiro atoms. The van der Waals surface area contributed by atoms with Crippen LogP contribution in [-0.4, -0.2) is 72.1 Å². The average Bonchev–Trinajstić information content (AvgIpc) is 2.68. The number of hydrogen-bond acceptors (Lipinski definition) is 10. The van der Waals surface area contributed by atoms with Crippen LogP contribution in [-0.2, 0) is 30.3 Å². The molecular formula is C20H27NO9. The summed E-state index contributed by atoms with van der Waals surface area (Å²) in [5, 5.41) is 33.2. The van der Waals surface area contributed by atoms with Gasteiger partial charge in [-0.15, -0.1) is 0 Å². The van der Waals surface area contributed by atoms with Crippen LogP contribution in [0.5, 0.6) is 11.5 Å². The summed E-state index contributed by atoms with van der Waals surface area (Å²) in [6.07, 6.45) is -3.85. The van der Waals surface area contributed by atoms with Crippen LogP contribution in [0.1, 0.15) is 25.0 Å². The fourth-order valence-electron chi connectivity index (χ4n) is 3.08. The zero-order chi connectivity index (χ0) is 22.4. The number of aliphatic hydroxyl groups excluding tert-OH is 2. The molecule has 1 aliphatic rings. The molecule has 1 saturated heterocycles. The maximum atomic E-state index is 12.3. The van der Waals surface area contributed by atoms with E-state index < -0.39 is 42.6 Å². The number of carbonyl (C=O) groups is 2. The van der Waals surface area contributed by atoms with Crippen molar-refractivity contribution >= 4 is 18.0 Å². The third kappa shape index (κ3) is 5.70. The Balaban J connectivity index is 2.20. The summed E-state index contributed by atoms with van der Waals surface area (Å²) >= 11 is 0. The highest BCUT2D eigenvalue weighted by atomic mass is 16.7. The van der Waals surface area contributed by atoms with Crippen molar-refractivity contribution in [3.63, 3.8) is 0 Å². The second kappa shape index (κ2) is 10.4. The van der Waals surface area contributed by atoms with E-state index in [0.29, 0.717) is 17.7 Å². The number of rotatable bonds is 7. The third-order valence-corrected chi connectivity index (χ3v) is 4.54. The van der Waals surface area contributed by atoms with E-state index in [1.54, 1.807) is 13.1 Å². The second-order valence-electron chi connectivity index (χ2n) is 6.78. The quantitative estimate of drug-likeness (QED) is 0.350. The van der Waals surface area contributed by atoms with E-state index in [4.69, 9.17) is 18.9 Å². The Kier molecular flexibility index (Phi) is 8.18. The Morgan fingerprint density at radius 3 is 2.53 bits per heavy atom. The van der Waals surface area contributed by atoms with Crippen molar-refractivity contribution in [1.29, 1.82) is 0 Å². The summed E-state index contributed by atoms with van der Waals surface area (Å²) in [5.41, 5.74) is 1.28. The van der Waals surface area contributed by atoms with Crippen LogP contribution in [0.15, 0.2) is 18.2 Å². The molecule has 4 N–H and O–H groups in total. The molecule has 5 atom stereocenters.